The van der Waals surface area contributed by atoms with E-state index in [0.717, 1.165) is 35.3 Å². The van der Waals surface area contributed by atoms with Gasteiger partial charge in [0.05, 0.1) is 12.6 Å². The van der Waals surface area contributed by atoms with Gasteiger partial charge < -0.3 is 14.9 Å². The fourth-order valence-electron chi connectivity index (χ4n) is 5.51. The number of benzene rings is 2. The van der Waals surface area contributed by atoms with Gasteiger partial charge in [0, 0.05) is 25.5 Å². The molecule has 6 nitrogen and oxygen atoms in total. The number of nitrogens with zero attached hydrogens (tertiary/aromatic N) is 2. The fourth-order valence-corrected chi connectivity index (χ4v) is 5.51. The largest absolute Gasteiger partial charge is 0.480 e. The molecule has 2 aromatic carbocycles. The molecule has 1 fully saturated rings. The molecule has 1 aliphatic carbocycles. The van der Waals surface area contributed by atoms with E-state index in [4.69, 9.17) is 0 Å². The van der Waals surface area contributed by atoms with Crippen LogP contribution in [-0.2, 0) is 22.6 Å². The van der Waals surface area contributed by atoms with Crippen molar-refractivity contribution in [2.75, 3.05) is 23.9 Å². The maximum absolute atomic E-state index is 13.8. The Kier molecular flexibility index (Phi) is 8.45. The summed E-state index contributed by atoms with van der Waals surface area (Å²) in [7, 11) is 4.01. The average Bonchev–Trinajstić information content (AvgIpc) is 2.99. The zero-order valence-corrected chi connectivity index (χ0v) is 21.1. The van der Waals surface area contributed by atoms with E-state index in [0.29, 0.717) is 25.3 Å². The van der Waals surface area contributed by atoms with E-state index < -0.39 is 18.1 Å². The van der Waals surface area contributed by atoms with Gasteiger partial charge in [-0.3, -0.25) is 14.9 Å². The highest BCUT2D eigenvalue weighted by Crippen LogP contribution is 2.30. The molecule has 1 aliphatic heterocycles. The molecule has 2 aliphatic rings. The summed E-state index contributed by atoms with van der Waals surface area (Å²) >= 11 is 0. The van der Waals surface area contributed by atoms with Gasteiger partial charge in [-0.25, -0.2) is 0 Å². The number of aliphatic carboxylic acids is 1. The third-order valence-corrected chi connectivity index (χ3v) is 7.63. The molecule has 1 heterocycles. The van der Waals surface area contributed by atoms with Crippen LogP contribution in [0.15, 0.2) is 48.5 Å². The van der Waals surface area contributed by atoms with Gasteiger partial charge in [-0.2, -0.15) is 0 Å². The molecule has 6 heteroatoms. The van der Waals surface area contributed by atoms with Crippen LogP contribution in [0.2, 0.25) is 0 Å². The van der Waals surface area contributed by atoms with Crippen molar-refractivity contribution in [2.24, 2.45) is 5.92 Å². The second-order valence-corrected chi connectivity index (χ2v) is 10.3. The van der Waals surface area contributed by atoms with Gasteiger partial charge in [-0.15, -0.1) is 0 Å². The van der Waals surface area contributed by atoms with Crippen molar-refractivity contribution in [1.82, 2.24) is 5.32 Å². The average molecular weight is 478 g/mol. The number of hydrogen-bond acceptors (Lipinski definition) is 4. The molecule has 0 bridgehead atoms. The zero-order chi connectivity index (χ0) is 24.8. The second kappa shape index (κ2) is 11.7. The molecule has 1 amide bonds. The van der Waals surface area contributed by atoms with E-state index in [1.165, 1.54) is 32.1 Å². The van der Waals surface area contributed by atoms with Crippen LogP contribution in [0.4, 0.5) is 11.4 Å². The molecule has 1 saturated carbocycles. The molecule has 35 heavy (non-hydrogen) atoms. The number of fused-ring (bicyclic) bond motifs is 1. The van der Waals surface area contributed by atoms with E-state index in [1.807, 2.05) is 37.2 Å². The Balaban J connectivity index is 1.51. The first-order chi connectivity index (χ1) is 16.9. The smallest absolute Gasteiger partial charge is 0.320 e. The summed E-state index contributed by atoms with van der Waals surface area (Å²) in [4.78, 5) is 29.8. The lowest BCUT2D eigenvalue weighted by Gasteiger charge is -2.29. The van der Waals surface area contributed by atoms with Gasteiger partial charge in [-0.1, -0.05) is 62.4 Å². The standard InChI is InChI=1S/C29H39N3O3/c1-31(2)24-16-12-22(13-17-24)20-32-27-11-7-6-10-23(27)15-19-25(28(32)33)30-26(29(34)35)18-14-21-8-4-3-5-9-21/h6-7,10-13,16-17,21,25-26,30H,3-5,8-9,14-15,18-20H2,1-2H3,(H,34,35). The Morgan fingerprint density at radius 3 is 2.46 bits per heavy atom. The van der Waals surface area contributed by atoms with Gasteiger partial charge in [0.1, 0.15) is 6.04 Å². The van der Waals surface area contributed by atoms with Crippen molar-refractivity contribution in [1.29, 1.82) is 0 Å². The van der Waals surface area contributed by atoms with E-state index in [1.54, 1.807) is 0 Å². The quantitative estimate of drug-likeness (QED) is 0.532. The first-order valence-electron chi connectivity index (χ1n) is 13.1. The molecule has 188 valence electrons. The Bertz CT molecular complexity index is 998. The molecular formula is C29H39N3O3. The van der Waals surface area contributed by atoms with Crippen LogP contribution in [0.3, 0.4) is 0 Å². The number of rotatable bonds is 9. The van der Waals surface area contributed by atoms with Gasteiger partial charge in [-0.05, 0) is 60.9 Å². The minimum absolute atomic E-state index is 0.0458. The number of carbonyl (C=O) groups is 2. The molecule has 4 rings (SSSR count). The van der Waals surface area contributed by atoms with Crippen LogP contribution >= 0.6 is 0 Å². The third kappa shape index (κ3) is 6.43. The fraction of sp³-hybridized carbons (Fsp3) is 0.517. The zero-order valence-electron chi connectivity index (χ0n) is 21.1. The van der Waals surface area contributed by atoms with Crippen molar-refractivity contribution >= 4 is 23.3 Å². The number of nitrogens with one attached hydrogen (secondary N) is 1. The maximum Gasteiger partial charge on any atom is 0.320 e. The summed E-state index contributed by atoms with van der Waals surface area (Å²) in [6.45, 7) is 0.460. The Hall–Kier alpha value is -2.86. The predicted octanol–water partition coefficient (Wildman–Crippen LogP) is 5.00. The van der Waals surface area contributed by atoms with Crippen LogP contribution in [0.5, 0.6) is 0 Å². The molecule has 0 aromatic heterocycles. The first kappa shape index (κ1) is 25.2. The van der Waals surface area contributed by atoms with E-state index in [2.05, 4.69) is 40.5 Å². The summed E-state index contributed by atoms with van der Waals surface area (Å²) in [5.41, 5.74) is 4.21. The highest BCUT2D eigenvalue weighted by molar-refractivity contribution is 5.98. The van der Waals surface area contributed by atoms with Crippen LogP contribution < -0.4 is 15.1 Å². The van der Waals surface area contributed by atoms with Crippen molar-refractivity contribution in [3.8, 4) is 0 Å². The minimum Gasteiger partial charge on any atom is -0.480 e. The van der Waals surface area contributed by atoms with Crippen molar-refractivity contribution in [3.05, 3.63) is 59.7 Å². The number of carboxylic acid groups (broad SMARTS) is 1. The SMILES string of the molecule is CN(C)c1ccc(CN2C(=O)C(NC(CCC3CCCCC3)C(=O)O)CCc3ccccc32)cc1. The minimum atomic E-state index is -0.860. The highest BCUT2D eigenvalue weighted by Gasteiger charge is 2.33. The van der Waals surface area contributed by atoms with Crippen molar-refractivity contribution in [3.63, 3.8) is 0 Å². The molecule has 0 saturated heterocycles. The topological polar surface area (TPSA) is 72.9 Å². The van der Waals surface area contributed by atoms with E-state index >= 15 is 0 Å². The second-order valence-electron chi connectivity index (χ2n) is 10.3. The first-order valence-corrected chi connectivity index (χ1v) is 13.1. The summed E-state index contributed by atoms with van der Waals surface area (Å²) in [6, 6.07) is 15.1. The number of anilines is 2. The Morgan fingerprint density at radius 2 is 1.77 bits per heavy atom. The lowest BCUT2D eigenvalue weighted by atomic mass is 9.85. The summed E-state index contributed by atoms with van der Waals surface area (Å²) in [5, 5.41) is 13.2. The molecule has 2 unspecified atom stereocenters. The lowest BCUT2D eigenvalue weighted by molar-refractivity contribution is -0.140. The van der Waals surface area contributed by atoms with Crippen LogP contribution in [0.25, 0.3) is 0 Å². The summed E-state index contributed by atoms with van der Waals surface area (Å²) in [6.07, 6.45) is 9.01. The van der Waals surface area contributed by atoms with Gasteiger partial charge in [0.2, 0.25) is 5.91 Å². The monoisotopic (exact) mass is 477 g/mol. The molecule has 2 atom stereocenters. The molecule has 2 aromatic rings. The van der Waals surface area contributed by atoms with Crippen molar-refractivity contribution < 1.29 is 14.7 Å². The predicted molar refractivity (Wildman–Crippen MR) is 141 cm³/mol. The number of carbonyl (C=O) groups excluding carboxylic acids is 1. The molecular weight excluding hydrogens is 438 g/mol. The lowest BCUT2D eigenvalue weighted by Crippen LogP contribution is -2.51. The highest BCUT2D eigenvalue weighted by atomic mass is 16.4. The van der Waals surface area contributed by atoms with E-state index in [9.17, 15) is 14.7 Å². The van der Waals surface area contributed by atoms with Gasteiger partial charge >= 0.3 is 5.97 Å². The normalized spacial score (nSPS) is 19.7. The van der Waals surface area contributed by atoms with Gasteiger partial charge in [0.25, 0.3) is 0 Å². The number of aryl methyl sites for hydroxylation is 1. The number of hydrogen-bond donors (Lipinski definition) is 2. The Morgan fingerprint density at radius 1 is 1.06 bits per heavy atom. The van der Waals surface area contributed by atoms with E-state index in [-0.39, 0.29) is 5.91 Å². The number of carboxylic acids is 1. The van der Waals surface area contributed by atoms with Crippen LogP contribution in [0.1, 0.15) is 62.5 Å². The summed E-state index contributed by atoms with van der Waals surface area (Å²) in [5.74, 6) is -0.292. The van der Waals surface area contributed by atoms with Crippen LogP contribution in [0, 0.1) is 5.92 Å². The van der Waals surface area contributed by atoms with Crippen LogP contribution in [-0.4, -0.2) is 43.2 Å². The maximum atomic E-state index is 13.8. The van der Waals surface area contributed by atoms with Crippen molar-refractivity contribution in [2.45, 2.75) is 76.4 Å². The number of para-hydroxylation sites is 1. The molecule has 0 spiro atoms. The molecule has 0 radical (unpaired) electrons. The van der Waals surface area contributed by atoms with Gasteiger partial charge in [0.15, 0.2) is 0 Å². The number of amides is 1. The summed E-state index contributed by atoms with van der Waals surface area (Å²) < 4.78 is 0. The molecule has 2 N–H and O–H groups in total. The third-order valence-electron chi connectivity index (χ3n) is 7.63. The Labute approximate surface area is 209 Å².